The molecule has 0 radical (unpaired) electrons. The molecule has 0 amide bonds. The van der Waals surface area contributed by atoms with E-state index < -0.39 is 12.4 Å². The summed E-state index contributed by atoms with van der Waals surface area (Å²) in [7, 11) is 1.51. The van der Waals surface area contributed by atoms with Crippen molar-refractivity contribution in [1.82, 2.24) is 0 Å². The normalized spacial score (nSPS) is 11.2. The van der Waals surface area contributed by atoms with Gasteiger partial charge < -0.3 is 22.4 Å². The average Bonchev–Trinajstić information content (AvgIpc) is 2.44. The molecule has 2 nitrogen and oxygen atoms in total. The molecule has 0 unspecified atom stereocenters. The van der Waals surface area contributed by atoms with E-state index in [1.54, 1.807) is 24.3 Å². The minimum Gasteiger partial charge on any atom is -0.496 e. The summed E-state index contributed by atoms with van der Waals surface area (Å²) < 4.78 is 49.1. The Labute approximate surface area is 115 Å². The molecule has 106 valence electrons. The van der Waals surface area contributed by atoms with Crippen molar-refractivity contribution in [2.75, 3.05) is 7.11 Å². The maximum absolute atomic E-state index is 12.9. The van der Waals surface area contributed by atoms with Crippen molar-refractivity contribution in [3.63, 3.8) is 0 Å². The smallest absolute Gasteiger partial charge is 0.496 e. The monoisotopic (exact) mass is 281 g/mol. The van der Waals surface area contributed by atoms with E-state index in [1.807, 2.05) is 0 Å². The summed E-state index contributed by atoms with van der Waals surface area (Å²) in [5.74, 6) is 0.424. The topological polar surface area (TPSA) is 18.5 Å². The van der Waals surface area contributed by atoms with Crippen LogP contribution in [-0.4, -0.2) is 14.1 Å². The fourth-order valence-electron chi connectivity index (χ4n) is 1.86. The Morgan fingerprint density at radius 2 is 1.50 bits per heavy atom. The van der Waals surface area contributed by atoms with Crippen LogP contribution >= 0.6 is 0 Å². The maximum Gasteiger partial charge on any atom is 0.513 e. The minimum absolute atomic E-state index is 0.0210. The second-order valence-electron chi connectivity index (χ2n) is 4.21. The second-order valence-corrected chi connectivity index (χ2v) is 4.21. The molecule has 0 bridgehead atoms. The molecule has 6 heteroatoms. The first-order chi connectivity index (χ1) is 9.52. The zero-order valence-electron chi connectivity index (χ0n) is 10.9. The van der Waals surface area contributed by atoms with Crippen LogP contribution in [0.25, 0.3) is 0 Å². The third-order valence-electron chi connectivity index (χ3n) is 2.85. The highest BCUT2D eigenvalue weighted by Gasteiger charge is 2.28. The molecule has 0 spiro atoms. The summed E-state index contributed by atoms with van der Waals surface area (Å²) in [6.07, 6.45) is 0. The maximum atomic E-state index is 12.9. The molecule has 0 atom stereocenters. The number of hydrogen-bond acceptors (Lipinski definition) is 2. The average molecular weight is 281 g/mol. The van der Waals surface area contributed by atoms with Crippen LogP contribution in [0, 0.1) is 0 Å². The van der Waals surface area contributed by atoms with E-state index in [1.165, 1.54) is 25.3 Å². The number of methoxy groups -OCH3 is 1. The number of benzene rings is 2. The first kappa shape index (κ1) is 14.3. The lowest BCUT2D eigenvalue weighted by atomic mass is 9.79. The standard InChI is InChI=1S/C14H13BF3O2/c1-19-13-8-4-2-6-11(13)10-20-14-9-5-3-7-12(14)15(16,17)18/h2-9H,10H2,1H3/q-1. The highest BCUT2D eigenvalue weighted by Crippen LogP contribution is 2.22. The molecule has 0 N–H and O–H groups in total. The molecule has 0 saturated heterocycles. The molecule has 0 aliphatic heterocycles. The fraction of sp³-hybridized carbons (Fsp3) is 0.143. The molecular formula is C14H13BF3O2-. The van der Waals surface area contributed by atoms with E-state index in [0.717, 1.165) is 6.07 Å². The van der Waals surface area contributed by atoms with Crippen LogP contribution in [0.1, 0.15) is 5.56 Å². The summed E-state index contributed by atoms with van der Waals surface area (Å²) in [5, 5.41) is 0. The predicted molar refractivity (Wildman–Crippen MR) is 72.5 cm³/mol. The number of rotatable bonds is 5. The van der Waals surface area contributed by atoms with Gasteiger partial charge in [0.2, 0.25) is 0 Å². The van der Waals surface area contributed by atoms with E-state index in [2.05, 4.69) is 0 Å². The largest absolute Gasteiger partial charge is 0.513 e. The molecule has 2 aromatic rings. The first-order valence-electron chi connectivity index (χ1n) is 6.06. The van der Waals surface area contributed by atoms with Gasteiger partial charge in [-0.05, 0) is 12.1 Å². The van der Waals surface area contributed by atoms with Crippen molar-refractivity contribution in [3.05, 3.63) is 54.1 Å². The van der Waals surface area contributed by atoms with Gasteiger partial charge in [-0.3, -0.25) is 0 Å². The molecule has 0 heterocycles. The molecule has 0 aliphatic carbocycles. The van der Waals surface area contributed by atoms with Gasteiger partial charge in [-0.25, -0.2) is 0 Å². The summed E-state index contributed by atoms with van der Waals surface area (Å²) >= 11 is 0. The third kappa shape index (κ3) is 3.26. The Kier molecular flexibility index (Phi) is 4.22. The Balaban J connectivity index is 2.20. The lowest BCUT2D eigenvalue weighted by Crippen LogP contribution is -2.35. The van der Waals surface area contributed by atoms with Crippen LogP contribution < -0.4 is 14.9 Å². The minimum atomic E-state index is -5.09. The van der Waals surface area contributed by atoms with Gasteiger partial charge in [-0.2, -0.15) is 0 Å². The molecule has 2 aromatic carbocycles. The van der Waals surface area contributed by atoms with Crippen molar-refractivity contribution < 1.29 is 22.4 Å². The van der Waals surface area contributed by atoms with Crippen LogP contribution in [0.5, 0.6) is 11.5 Å². The third-order valence-corrected chi connectivity index (χ3v) is 2.85. The molecule has 2 rings (SSSR count). The van der Waals surface area contributed by atoms with Gasteiger partial charge in [-0.1, -0.05) is 41.9 Å². The highest BCUT2D eigenvalue weighted by molar-refractivity contribution is 6.74. The second kappa shape index (κ2) is 5.90. The van der Waals surface area contributed by atoms with Crippen molar-refractivity contribution in [3.8, 4) is 11.5 Å². The fourth-order valence-corrected chi connectivity index (χ4v) is 1.86. The van der Waals surface area contributed by atoms with E-state index >= 15 is 0 Å². The lowest BCUT2D eigenvalue weighted by Gasteiger charge is -2.20. The lowest BCUT2D eigenvalue weighted by molar-refractivity contribution is 0.297. The van der Waals surface area contributed by atoms with Gasteiger partial charge in [-0.15, -0.1) is 0 Å². The van der Waals surface area contributed by atoms with Crippen molar-refractivity contribution in [1.29, 1.82) is 0 Å². The van der Waals surface area contributed by atoms with Crippen LogP contribution in [0.15, 0.2) is 48.5 Å². The number of ether oxygens (including phenoxy) is 2. The Bertz CT molecular complexity index is 585. The van der Waals surface area contributed by atoms with Crippen molar-refractivity contribution in [2.45, 2.75) is 6.61 Å². The van der Waals surface area contributed by atoms with Crippen LogP contribution in [0.4, 0.5) is 12.9 Å². The van der Waals surface area contributed by atoms with Gasteiger partial charge in [0, 0.05) is 5.56 Å². The van der Waals surface area contributed by atoms with E-state index in [9.17, 15) is 12.9 Å². The SMILES string of the molecule is COc1ccccc1COc1ccccc1[B-](F)(F)F. The van der Waals surface area contributed by atoms with Gasteiger partial charge in [0.15, 0.2) is 0 Å². The van der Waals surface area contributed by atoms with Gasteiger partial charge >= 0.3 is 6.98 Å². The number of hydrogen-bond donors (Lipinski definition) is 0. The van der Waals surface area contributed by atoms with Gasteiger partial charge in [0.1, 0.15) is 12.4 Å². The summed E-state index contributed by atoms with van der Waals surface area (Å²) in [6, 6.07) is 12.3. The Hall–Kier alpha value is -2.11. The highest BCUT2D eigenvalue weighted by atomic mass is 19.4. The zero-order valence-corrected chi connectivity index (χ0v) is 10.9. The van der Waals surface area contributed by atoms with E-state index in [0.29, 0.717) is 11.3 Å². The molecular weight excluding hydrogens is 268 g/mol. The van der Waals surface area contributed by atoms with Gasteiger partial charge in [0.05, 0.1) is 12.9 Å². The summed E-state index contributed by atoms with van der Waals surface area (Å²) in [5.41, 5.74) is -0.0260. The Morgan fingerprint density at radius 3 is 2.15 bits per heavy atom. The summed E-state index contributed by atoms with van der Waals surface area (Å²) in [4.78, 5) is 0. The molecule has 0 aromatic heterocycles. The molecule has 0 aliphatic rings. The quantitative estimate of drug-likeness (QED) is 0.783. The van der Waals surface area contributed by atoms with Crippen molar-refractivity contribution in [2.24, 2.45) is 0 Å². The van der Waals surface area contributed by atoms with Gasteiger partial charge in [0.25, 0.3) is 0 Å². The van der Waals surface area contributed by atoms with Crippen LogP contribution in [-0.2, 0) is 6.61 Å². The van der Waals surface area contributed by atoms with E-state index in [-0.39, 0.29) is 12.4 Å². The number of para-hydroxylation sites is 2. The first-order valence-corrected chi connectivity index (χ1v) is 6.06. The summed E-state index contributed by atoms with van der Waals surface area (Å²) in [6.45, 7) is -5.07. The van der Waals surface area contributed by atoms with Crippen LogP contribution in [0.3, 0.4) is 0 Å². The molecule has 20 heavy (non-hydrogen) atoms. The molecule has 0 saturated carbocycles. The van der Waals surface area contributed by atoms with E-state index in [4.69, 9.17) is 9.47 Å². The van der Waals surface area contributed by atoms with Crippen molar-refractivity contribution >= 4 is 12.4 Å². The number of halogens is 3. The predicted octanol–water partition coefficient (Wildman–Crippen LogP) is 3.33. The van der Waals surface area contributed by atoms with Crippen LogP contribution in [0.2, 0.25) is 0 Å². The Morgan fingerprint density at radius 1 is 0.900 bits per heavy atom. The zero-order chi connectivity index (χ0) is 14.6. The molecule has 0 fully saturated rings.